The molecule has 86 valence electrons. The first-order valence-electron chi connectivity index (χ1n) is 5.21. The lowest BCUT2D eigenvalue weighted by Gasteiger charge is -1.98. The van der Waals surface area contributed by atoms with E-state index >= 15 is 0 Å². The maximum absolute atomic E-state index is 13.5. The van der Waals surface area contributed by atoms with Crippen LogP contribution < -0.4 is 5.32 Å². The van der Waals surface area contributed by atoms with Gasteiger partial charge >= 0.3 is 0 Å². The molecule has 0 radical (unpaired) electrons. The Balaban J connectivity index is 2.71. The molecule has 2 rings (SSSR count). The summed E-state index contributed by atoms with van der Waals surface area (Å²) in [6.07, 6.45) is 0.687. The van der Waals surface area contributed by atoms with E-state index in [-0.39, 0.29) is 5.58 Å². The van der Waals surface area contributed by atoms with E-state index < -0.39 is 11.6 Å². The highest BCUT2D eigenvalue weighted by Gasteiger charge is 2.16. The lowest BCUT2D eigenvalue weighted by atomic mass is 10.1. The lowest BCUT2D eigenvalue weighted by molar-refractivity contribution is 0.499. The van der Waals surface area contributed by atoms with Crippen LogP contribution in [0.1, 0.15) is 18.2 Å². The van der Waals surface area contributed by atoms with E-state index in [1.54, 1.807) is 7.05 Å². The van der Waals surface area contributed by atoms with Crippen LogP contribution in [0.5, 0.6) is 0 Å². The van der Waals surface area contributed by atoms with Gasteiger partial charge in [-0.15, -0.1) is 0 Å². The summed E-state index contributed by atoms with van der Waals surface area (Å²) in [6.45, 7) is 2.45. The molecule has 0 atom stereocenters. The third kappa shape index (κ3) is 1.69. The first-order valence-corrected chi connectivity index (χ1v) is 5.21. The highest BCUT2D eigenvalue weighted by Crippen LogP contribution is 2.29. The topological polar surface area (TPSA) is 25.2 Å². The molecule has 0 bridgehead atoms. The van der Waals surface area contributed by atoms with E-state index in [9.17, 15) is 8.78 Å². The van der Waals surface area contributed by atoms with Crippen LogP contribution in [0.3, 0.4) is 0 Å². The van der Waals surface area contributed by atoms with Crippen LogP contribution in [0, 0.1) is 11.6 Å². The van der Waals surface area contributed by atoms with Crippen molar-refractivity contribution in [2.24, 2.45) is 0 Å². The molecule has 0 saturated carbocycles. The number of hydrogen-bond donors (Lipinski definition) is 1. The number of aryl methyl sites for hydroxylation is 1. The molecule has 16 heavy (non-hydrogen) atoms. The third-order valence-corrected chi connectivity index (χ3v) is 2.59. The van der Waals surface area contributed by atoms with E-state index in [4.69, 9.17) is 4.42 Å². The molecule has 0 aliphatic carbocycles. The maximum atomic E-state index is 13.5. The first kappa shape index (κ1) is 11.1. The highest BCUT2D eigenvalue weighted by molar-refractivity contribution is 5.82. The van der Waals surface area contributed by atoms with Crippen LogP contribution >= 0.6 is 0 Å². The Morgan fingerprint density at radius 2 is 2.06 bits per heavy atom. The minimum absolute atomic E-state index is 0.142. The lowest BCUT2D eigenvalue weighted by Crippen LogP contribution is -2.05. The Kier molecular flexibility index (Phi) is 2.92. The van der Waals surface area contributed by atoms with Crippen molar-refractivity contribution >= 4 is 11.0 Å². The monoisotopic (exact) mass is 225 g/mol. The molecule has 4 heteroatoms. The minimum Gasteiger partial charge on any atom is -0.456 e. The van der Waals surface area contributed by atoms with Crippen LogP contribution in [-0.4, -0.2) is 7.05 Å². The van der Waals surface area contributed by atoms with Crippen LogP contribution in [0.25, 0.3) is 11.0 Å². The van der Waals surface area contributed by atoms with Crippen molar-refractivity contribution in [1.82, 2.24) is 5.32 Å². The van der Waals surface area contributed by atoms with Gasteiger partial charge < -0.3 is 9.73 Å². The summed E-state index contributed by atoms with van der Waals surface area (Å²) in [5.74, 6) is -0.548. The molecule has 0 fully saturated rings. The van der Waals surface area contributed by atoms with Crippen LogP contribution in [0.15, 0.2) is 16.5 Å². The number of fused-ring (bicyclic) bond motifs is 1. The molecule has 1 aromatic carbocycles. The Bertz CT molecular complexity index is 519. The minimum atomic E-state index is -0.646. The predicted molar refractivity (Wildman–Crippen MR) is 58.3 cm³/mol. The smallest absolute Gasteiger partial charge is 0.170 e. The van der Waals surface area contributed by atoms with Gasteiger partial charge in [-0.2, -0.15) is 0 Å². The number of rotatable bonds is 3. The fraction of sp³-hybridized carbons (Fsp3) is 0.333. The zero-order chi connectivity index (χ0) is 11.7. The zero-order valence-electron chi connectivity index (χ0n) is 9.23. The van der Waals surface area contributed by atoms with E-state index in [1.807, 2.05) is 6.92 Å². The summed E-state index contributed by atoms with van der Waals surface area (Å²) in [5, 5.41) is 3.48. The van der Waals surface area contributed by atoms with Gasteiger partial charge in [-0.3, -0.25) is 0 Å². The molecule has 1 aromatic heterocycles. The van der Waals surface area contributed by atoms with E-state index in [0.717, 1.165) is 11.6 Å². The molecular formula is C12H13F2NO. The second-order valence-electron chi connectivity index (χ2n) is 3.65. The van der Waals surface area contributed by atoms with Crippen LogP contribution in [-0.2, 0) is 13.0 Å². The SMILES string of the molecule is CCc1c(CNC)oc2c(F)cc(F)cc12. The van der Waals surface area contributed by atoms with Gasteiger partial charge in [-0.05, 0) is 19.5 Å². The van der Waals surface area contributed by atoms with E-state index in [1.165, 1.54) is 6.07 Å². The molecule has 1 N–H and O–H groups in total. The normalized spacial score (nSPS) is 11.2. The summed E-state index contributed by atoms with van der Waals surface area (Å²) < 4.78 is 32.0. The molecular weight excluding hydrogens is 212 g/mol. The quantitative estimate of drug-likeness (QED) is 0.868. The summed E-state index contributed by atoms with van der Waals surface area (Å²) in [7, 11) is 1.78. The van der Waals surface area contributed by atoms with Crippen molar-refractivity contribution in [2.45, 2.75) is 19.9 Å². The van der Waals surface area contributed by atoms with Crippen LogP contribution in [0.2, 0.25) is 0 Å². The predicted octanol–water partition coefficient (Wildman–Crippen LogP) is 2.99. The molecule has 0 saturated heterocycles. The standard InChI is InChI=1S/C12H13F2NO/c1-3-8-9-4-7(13)5-10(14)12(9)16-11(8)6-15-2/h4-5,15H,3,6H2,1-2H3. The van der Waals surface area contributed by atoms with Crippen molar-refractivity contribution in [3.8, 4) is 0 Å². The number of halogens is 2. The molecule has 0 spiro atoms. The summed E-state index contributed by atoms with van der Waals surface area (Å²) in [4.78, 5) is 0. The van der Waals surface area contributed by atoms with Crippen molar-refractivity contribution in [3.05, 3.63) is 35.1 Å². The van der Waals surface area contributed by atoms with E-state index in [0.29, 0.717) is 24.1 Å². The number of nitrogens with one attached hydrogen (secondary N) is 1. The molecule has 0 aliphatic rings. The van der Waals surface area contributed by atoms with Gasteiger partial charge in [-0.1, -0.05) is 6.92 Å². The van der Waals surface area contributed by atoms with Gasteiger partial charge in [0.1, 0.15) is 11.6 Å². The summed E-state index contributed by atoms with van der Waals surface area (Å²) >= 11 is 0. The molecule has 0 amide bonds. The average molecular weight is 225 g/mol. The van der Waals surface area contributed by atoms with Crippen molar-refractivity contribution < 1.29 is 13.2 Å². The number of benzene rings is 1. The summed E-state index contributed by atoms with van der Waals surface area (Å²) in [5.41, 5.74) is 1.01. The highest BCUT2D eigenvalue weighted by atomic mass is 19.1. The van der Waals surface area contributed by atoms with Crippen LogP contribution in [0.4, 0.5) is 8.78 Å². The van der Waals surface area contributed by atoms with Gasteiger partial charge in [-0.25, -0.2) is 8.78 Å². The maximum Gasteiger partial charge on any atom is 0.170 e. The molecule has 0 aliphatic heterocycles. The summed E-state index contributed by atoms with van der Waals surface area (Å²) in [6, 6.07) is 2.16. The van der Waals surface area contributed by atoms with Gasteiger partial charge in [0, 0.05) is 17.0 Å². The Labute approximate surface area is 92.2 Å². The van der Waals surface area contributed by atoms with Gasteiger partial charge in [0.05, 0.1) is 6.54 Å². The van der Waals surface area contributed by atoms with Crippen molar-refractivity contribution in [2.75, 3.05) is 7.05 Å². The zero-order valence-corrected chi connectivity index (χ0v) is 9.23. The second kappa shape index (κ2) is 4.22. The molecule has 2 aromatic rings. The Morgan fingerprint density at radius 3 is 2.69 bits per heavy atom. The molecule has 0 unspecified atom stereocenters. The average Bonchev–Trinajstić information content (AvgIpc) is 2.56. The Morgan fingerprint density at radius 1 is 1.31 bits per heavy atom. The first-order chi connectivity index (χ1) is 7.67. The fourth-order valence-corrected chi connectivity index (χ4v) is 1.91. The number of hydrogen-bond acceptors (Lipinski definition) is 2. The molecule has 1 heterocycles. The largest absolute Gasteiger partial charge is 0.456 e. The second-order valence-corrected chi connectivity index (χ2v) is 3.65. The third-order valence-electron chi connectivity index (χ3n) is 2.59. The van der Waals surface area contributed by atoms with Gasteiger partial charge in [0.15, 0.2) is 11.4 Å². The van der Waals surface area contributed by atoms with Crippen molar-refractivity contribution in [3.63, 3.8) is 0 Å². The Hall–Kier alpha value is -1.42. The van der Waals surface area contributed by atoms with Gasteiger partial charge in [0.25, 0.3) is 0 Å². The van der Waals surface area contributed by atoms with Crippen molar-refractivity contribution in [1.29, 1.82) is 0 Å². The fourth-order valence-electron chi connectivity index (χ4n) is 1.91. The van der Waals surface area contributed by atoms with E-state index in [2.05, 4.69) is 5.32 Å². The number of furan rings is 1. The molecule has 2 nitrogen and oxygen atoms in total. The van der Waals surface area contributed by atoms with Gasteiger partial charge in [0.2, 0.25) is 0 Å².